The van der Waals surface area contributed by atoms with Gasteiger partial charge in [-0.05, 0) is 61.4 Å². The van der Waals surface area contributed by atoms with Crippen molar-refractivity contribution in [2.45, 2.75) is 43.4 Å². The van der Waals surface area contributed by atoms with E-state index in [1.807, 2.05) is 18.2 Å². The number of halogens is 1. The van der Waals surface area contributed by atoms with Crippen molar-refractivity contribution in [3.05, 3.63) is 57.8 Å². The van der Waals surface area contributed by atoms with Crippen LogP contribution in [-0.2, 0) is 15.6 Å². The molecule has 2 fully saturated rings. The van der Waals surface area contributed by atoms with Gasteiger partial charge in [0, 0.05) is 35.0 Å². The van der Waals surface area contributed by atoms with Gasteiger partial charge in [-0.2, -0.15) is 0 Å². The van der Waals surface area contributed by atoms with E-state index in [2.05, 4.69) is 10.3 Å². The van der Waals surface area contributed by atoms with Crippen LogP contribution in [0.25, 0.3) is 10.2 Å². The summed E-state index contributed by atoms with van der Waals surface area (Å²) in [7, 11) is -3.19. The molecule has 0 aliphatic heterocycles. The third-order valence-corrected chi connectivity index (χ3v) is 8.51. The average molecular weight is 476 g/mol. The molecular formula is C22H22ClN3O3S2. The lowest BCUT2D eigenvalue weighted by molar-refractivity contribution is -0.0187. The molecule has 2 aliphatic carbocycles. The molecule has 3 aromatic rings. The first kappa shape index (κ1) is 20.8. The largest absolute Gasteiger partial charge is 0.349 e. The van der Waals surface area contributed by atoms with Crippen LogP contribution in [0.2, 0.25) is 5.02 Å². The number of benzene rings is 1. The molecule has 0 bridgehead atoms. The Morgan fingerprint density at radius 3 is 2.74 bits per heavy atom. The number of thiazole rings is 1. The van der Waals surface area contributed by atoms with Crippen LogP contribution in [0.4, 0.5) is 0 Å². The molecule has 5 rings (SSSR count). The number of fused-ring (bicyclic) bond motifs is 1. The third-order valence-electron chi connectivity index (χ3n) is 6.26. The second-order valence-electron chi connectivity index (χ2n) is 8.95. The van der Waals surface area contributed by atoms with Crippen molar-refractivity contribution in [2.24, 2.45) is 5.41 Å². The van der Waals surface area contributed by atoms with E-state index in [0.717, 1.165) is 37.5 Å². The maximum Gasteiger partial charge on any atom is 0.251 e. The van der Waals surface area contributed by atoms with E-state index in [9.17, 15) is 13.2 Å². The van der Waals surface area contributed by atoms with E-state index >= 15 is 0 Å². The zero-order chi connectivity index (χ0) is 21.8. The first-order valence-electron chi connectivity index (χ1n) is 10.2. The highest BCUT2D eigenvalue weighted by Gasteiger charge is 2.54. The molecule has 2 saturated carbocycles. The maximum absolute atomic E-state index is 12.6. The Balaban J connectivity index is 1.16. The number of nitrogens with zero attached hydrogens (tertiary/aromatic N) is 2. The fourth-order valence-electron chi connectivity index (χ4n) is 4.91. The molecule has 2 aromatic heterocycles. The Kier molecular flexibility index (Phi) is 5.07. The van der Waals surface area contributed by atoms with Gasteiger partial charge in [-0.1, -0.05) is 11.6 Å². The van der Waals surface area contributed by atoms with Crippen molar-refractivity contribution in [1.82, 2.24) is 15.3 Å². The van der Waals surface area contributed by atoms with Gasteiger partial charge in [0.1, 0.15) is 0 Å². The topological polar surface area (TPSA) is 89.0 Å². The highest BCUT2D eigenvalue weighted by molar-refractivity contribution is 7.89. The maximum atomic E-state index is 12.6. The lowest BCUT2D eigenvalue weighted by Crippen LogP contribution is -2.55. The van der Waals surface area contributed by atoms with Gasteiger partial charge in [0.25, 0.3) is 5.91 Å². The summed E-state index contributed by atoms with van der Waals surface area (Å²) in [5.74, 6) is 0.155. The number of hydrogen-bond donors (Lipinski definition) is 1. The molecule has 1 aromatic carbocycles. The van der Waals surface area contributed by atoms with Crippen LogP contribution in [-0.4, -0.2) is 36.6 Å². The molecule has 0 radical (unpaired) electrons. The van der Waals surface area contributed by atoms with Crippen molar-refractivity contribution in [2.75, 3.05) is 6.26 Å². The van der Waals surface area contributed by atoms with Crippen LogP contribution >= 0.6 is 22.9 Å². The number of sulfone groups is 1. The van der Waals surface area contributed by atoms with Crippen molar-refractivity contribution < 1.29 is 13.2 Å². The van der Waals surface area contributed by atoms with Gasteiger partial charge in [-0.25, -0.2) is 13.4 Å². The van der Waals surface area contributed by atoms with Gasteiger partial charge in [0.2, 0.25) is 0 Å². The summed E-state index contributed by atoms with van der Waals surface area (Å²) >= 11 is 7.82. The molecule has 162 valence electrons. The van der Waals surface area contributed by atoms with Crippen LogP contribution in [0.3, 0.4) is 0 Å². The Labute approximate surface area is 190 Å². The van der Waals surface area contributed by atoms with Crippen LogP contribution in [0.1, 0.15) is 52.7 Å². The number of amides is 1. The van der Waals surface area contributed by atoms with Crippen molar-refractivity contribution in [3.63, 3.8) is 0 Å². The summed E-state index contributed by atoms with van der Waals surface area (Å²) in [6, 6.07) is 9.19. The van der Waals surface area contributed by atoms with Gasteiger partial charge in [-0.3, -0.25) is 9.78 Å². The van der Waals surface area contributed by atoms with Gasteiger partial charge >= 0.3 is 0 Å². The highest BCUT2D eigenvalue weighted by atomic mass is 35.5. The van der Waals surface area contributed by atoms with Gasteiger partial charge in [-0.15, -0.1) is 11.3 Å². The molecule has 2 aliphatic rings. The minimum atomic E-state index is -3.19. The summed E-state index contributed by atoms with van der Waals surface area (Å²) in [4.78, 5) is 21.4. The predicted octanol–water partition coefficient (Wildman–Crippen LogP) is 4.35. The van der Waals surface area contributed by atoms with Crippen LogP contribution < -0.4 is 5.32 Å². The molecule has 9 heteroatoms. The minimum absolute atomic E-state index is 0.161. The monoisotopic (exact) mass is 475 g/mol. The lowest BCUT2D eigenvalue weighted by Gasteiger charge is -2.57. The molecule has 1 amide bonds. The molecule has 1 N–H and O–H groups in total. The summed E-state index contributed by atoms with van der Waals surface area (Å²) in [5, 5.41) is 4.98. The van der Waals surface area contributed by atoms with Crippen molar-refractivity contribution >= 4 is 48.9 Å². The number of aromatic nitrogens is 2. The standard InChI is InChI=1S/C22H22ClN3O3S2/c1-31(28,29)12-16-6-13(4-5-24-16)20(27)25-17-10-22(11-17)8-14(9-22)21-26-18-7-15(23)2-3-19(18)30-21/h2-7,14,17H,8-12H2,1H3,(H,25,27). The number of hydrogen-bond acceptors (Lipinski definition) is 6. The van der Waals surface area contributed by atoms with Crippen molar-refractivity contribution in [1.29, 1.82) is 0 Å². The quantitative estimate of drug-likeness (QED) is 0.592. The highest BCUT2D eigenvalue weighted by Crippen LogP contribution is 2.62. The second-order valence-corrected chi connectivity index (χ2v) is 12.6. The molecule has 0 saturated heterocycles. The zero-order valence-corrected chi connectivity index (χ0v) is 19.4. The van der Waals surface area contributed by atoms with Crippen LogP contribution in [0.15, 0.2) is 36.5 Å². The fourth-order valence-corrected chi connectivity index (χ4v) is 6.82. The summed E-state index contributed by atoms with van der Waals surface area (Å²) in [6.07, 6.45) is 6.83. The molecule has 1 spiro atoms. The average Bonchev–Trinajstić information content (AvgIpc) is 3.03. The Hall–Kier alpha value is -2.03. The smallest absolute Gasteiger partial charge is 0.251 e. The van der Waals surface area contributed by atoms with E-state index in [4.69, 9.17) is 16.6 Å². The van der Waals surface area contributed by atoms with Gasteiger partial charge in [0.15, 0.2) is 9.84 Å². The third kappa shape index (κ3) is 4.33. The summed E-state index contributed by atoms with van der Waals surface area (Å²) < 4.78 is 24.1. The number of carbonyl (C=O) groups excluding carboxylic acids is 1. The molecule has 2 heterocycles. The number of rotatable bonds is 5. The van der Waals surface area contributed by atoms with E-state index in [0.29, 0.717) is 27.6 Å². The van der Waals surface area contributed by atoms with Gasteiger partial charge < -0.3 is 5.32 Å². The van der Waals surface area contributed by atoms with E-state index in [-0.39, 0.29) is 17.7 Å². The Morgan fingerprint density at radius 2 is 2.00 bits per heavy atom. The van der Waals surface area contributed by atoms with Crippen LogP contribution in [0, 0.1) is 5.41 Å². The summed E-state index contributed by atoms with van der Waals surface area (Å²) in [6.45, 7) is 0. The van der Waals surface area contributed by atoms with Gasteiger partial charge in [0.05, 0.1) is 26.7 Å². The first-order chi connectivity index (χ1) is 14.7. The Bertz CT molecular complexity index is 1270. The molecular weight excluding hydrogens is 454 g/mol. The molecule has 0 unspecified atom stereocenters. The number of pyridine rings is 1. The molecule has 0 atom stereocenters. The van der Waals surface area contributed by atoms with E-state index in [1.165, 1.54) is 15.9 Å². The minimum Gasteiger partial charge on any atom is -0.349 e. The zero-order valence-electron chi connectivity index (χ0n) is 17.0. The SMILES string of the molecule is CS(=O)(=O)Cc1cc(C(=O)NC2CC3(C2)CC(c2nc4cc(Cl)ccc4s2)C3)ccn1. The molecule has 6 nitrogen and oxygen atoms in total. The second kappa shape index (κ2) is 7.53. The first-order valence-corrected chi connectivity index (χ1v) is 13.4. The lowest BCUT2D eigenvalue weighted by atomic mass is 9.50. The van der Waals surface area contributed by atoms with E-state index < -0.39 is 9.84 Å². The number of nitrogens with one attached hydrogen (secondary N) is 1. The summed E-state index contributed by atoms with van der Waals surface area (Å²) in [5.41, 5.74) is 2.13. The normalized spacial score (nSPS) is 25.2. The van der Waals surface area contributed by atoms with Crippen molar-refractivity contribution in [3.8, 4) is 0 Å². The fraction of sp³-hybridized carbons (Fsp3) is 0.409. The predicted molar refractivity (Wildman–Crippen MR) is 122 cm³/mol. The van der Waals surface area contributed by atoms with Crippen LogP contribution in [0.5, 0.6) is 0 Å². The number of carbonyl (C=O) groups is 1. The van der Waals surface area contributed by atoms with E-state index in [1.54, 1.807) is 23.5 Å². The molecule has 31 heavy (non-hydrogen) atoms. The Morgan fingerprint density at radius 1 is 1.23 bits per heavy atom.